The Balaban J connectivity index is 1.98. The van der Waals surface area contributed by atoms with E-state index in [1.165, 1.54) is 23.3 Å². The van der Waals surface area contributed by atoms with Crippen molar-refractivity contribution in [1.29, 1.82) is 0 Å². The Kier molecular flexibility index (Phi) is 5.68. The lowest BCUT2D eigenvalue weighted by molar-refractivity contribution is -0.132. The summed E-state index contributed by atoms with van der Waals surface area (Å²) in [4.78, 5) is 25.8. The third-order valence-corrected chi connectivity index (χ3v) is 3.14. The normalized spacial score (nSPS) is 10.9. The van der Waals surface area contributed by atoms with Crippen LogP contribution in [0.5, 0.6) is 0 Å². The molecule has 2 rings (SSSR count). The molecule has 1 aromatic heterocycles. The second kappa shape index (κ2) is 7.93. The summed E-state index contributed by atoms with van der Waals surface area (Å²) in [5, 5.41) is 6.18. The fourth-order valence-electron chi connectivity index (χ4n) is 1.96. The van der Waals surface area contributed by atoms with Gasteiger partial charge in [-0.3, -0.25) is 9.59 Å². The molecule has 0 saturated carbocycles. The molecule has 2 aromatic rings. The molecular formula is C17H19N3O3. The van der Waals surface area contributed by atoms with Crippen molar-refractivity contribution in [3.63, 3.8) is 0 Å². The van der Waals surface area contributed by atoms with Crippen LogP contribution in [-0.4, -0.2) is 34.5 Å². The zero-order valence-electron chi connectivity index (χ0n) is 13.1. The van der Waals surface area contributed by atoms with Crippen LogP contribution in [0.15, 0.2) is 53.3 Å². The molecule has 0 spiro atoms. The van der Waals surface area contributed by atoms with E-state index in [-0.39, 0.29) is 24.4 Å². The van der Waals surface area contributed by atoms with Crippen molar-refractivity contribution in [2.45, 2.75) is 19.9 Å². The molecule has 0 radical (unpaired) electrons. The highest BCUT2D eigenvalue weighted by Crippen LogP contribution is 2.06. The number of amides is 2. The Bertz CT molecular complexity index is 664. The number of carbonyl (C=O) groups excluding carboxylic acids is 2. The van der Waals surface area contributed by atoms with Gasteiger partial charge >= 0.3 is 0 Å². The molecule has 120 valence electrons. The van der Waals surface area contributed by atoms with E-state index >= 15 is 0 Å². The van der Waals surface area contributed by atoms with Gasteiger partial charge in [0.05, 0.1) is 0 Å². The highest BCUT2D eigenvalue weighted by atomic mass is 16.5. The van der Waals surface area contributed by atoms with Gasteiger partial charge in [-0.1, -0.05) is 35.5 Å². The van der Waals surface area contributed by atoms with Gasteiger partial charge in [0, 0.05) is 18.2 Å². The number of nitrogens with zero attached hydrogens (tertiary/aromatic N) is 2. The first-order chi connectivity index (χ1) is 11.1. The van der Waals surface area contributed by atoms with Gasteiger partial charge in [-0.25, -0.2) is 0 Å². The van der Waals surface area contributed by atoms with Crippen LogP contribution in [0.1, 0.15) is 19.4 Å². The van der Waals surface area contributed by atoms with E-state index in [0.29, 0.717) is 5.82 Å². The summed E-state index contributed by atoms with van der Waals surface area (Å²) < 4.78 is 4.65. The minimum absolute atomic E-state index is 0.0531. The second-order valence-electron chi connectivity index (χ2n) is 5.24. The maximum atomic E-state index is 12.3. The Morgan fingerprint density at radius 1 is 1.26 bits per heavy atom. The highest BCUT2D eigenvalue weighted by Gasteiger charge is 2.18. The maximum Gasteiger partial charge on any atom is 0.247 e. The lowest BCUT2D eigenvalue weighted by Gasteiger charge is -2.24. The fraction of sp³-hybridized carbons (Fsp3) is 0.235. The predicted molar refractivity (Wildman–Crippen MR) is 87.5 cm³/mol. The number of hydrogen-bond donors (Lipinski definition) is 1. The van der Waals surface area contributed by atoms with Crippen molar-refractivity contribution in [3.05, 3.63) is 54.3 Å². The molecule has 0 aliphatic carbocycles. The fourth-order valence-corrected chi connectivity index (χ4v) is 1.96. The average molecular weight is 313 g/mol. The SMILES string of the molecule is CC(C)N(CC(=O)Nc1ccon1)C(=O)C=Cc1ccccc1. The number of rotatable bonds is 6. The van der Waals surface area contributed by atoms with Crippen LogP contribution in [0.25, 0.3) is 6.08 Å². The van der Waals surface area contributed by atoms with Crippen molar-refractivity contribution in [2.24, 2.45) is 0 Å². The Labute approximate surface area is 134 Å². The average Bonchev–Trinajstić information content (AvgIpc) is 3.04. The zero-order chi connectivity index (χ0) is 16.7. The number of aromatic nitrogens is 1. The van der Waals surface area contributed by atoms with Gasteiger partial charge in [-0.2, -0.15) is 0 Å². The lowest BCUT2D eigenvalue weighted by atomic mass is 10.2. The molecule has 0 atom stereocenters. The summed E-state index contributed by atoms with van der Waals surface area (Å²) in [7, 11) is 0. The van der Waals surface area contributed by atoms with Gasteiger partial charge in [0.25, 0.3) is 0 Å². The Morgan fingerprint density at radius 2 is 2.00 bits per heavy atom. The topological polar surface area (TPSA) is 75.4 Å². The summed E-state index contributed by atoms with van der Waals surface area (Å²) in [5.74, 6) is -0.223. The molecule has 6 heteroatoms. The van der Waals surface area contributed by atoms with Crippen molar-refractivity contribution in [2.75, 3.05) is 11.9 Å². The smallest absolute Gasteiger partial charge is 0.247 e. The van der Waals surface area contributed by atoms with Crippen LogP contribution in [0.3, 0.4) is 0 Å². The van der Waals surface area contributed by atoms with E-state index < -0.39 is 0 Å². The van der Waals surface area contributed by atoms with E-state index in [9.17, 15) is 9.59 Å². The number of benzene rings is 1. The third kappa shape index (κ3) is 5.10. The molecule has 1 heterocycles. The van der Waals surface area contributed by atoms with Gasteiger partial charge in [-0.15, -0.1) is 0 Å². The molecule has 0 unspecified atom stereocenters. The van der Waals surface area contributed by atoms with Crippen LogP contribution in [0.2, 0.25) is 0 Å². The van der Waals surface area contributed by atoms with E-state index in [1.807, 2.05) is 44.2 Å². The molecule has 0 aliphatic rings. The first kappa shape index (κ1) is 16.5. The highest BCUT2D eigenvalue weighted by molar-refractivity contribution is 5.97. The summed E-state index contributed by atoms with van der Waals surface area (Å²) in [5.41, 5.74) is 0.927. The monoisotopic (exact) mass is 313 g/mol. The molecule has 6 nitrogen and oxygen atoms in total. The van der Waals surface area contributed by atoms with Crippen LogP contribution in [0.4, 0.5) is 5.82 Å². The van der Waals surface area contributed by atoms with Crippen molar-refractivity contribution >= 4 is 23.7 Å². The number of hydrogen-bond acceptors (Lipinski definition) is 4. The van der Waals surface area contributed by atoms with Crippen molar-refractivity contribution in [1.82, 2.24) is 10.1 Å². The maximum absolute atomic E-state index is 12.3. The van der Waals surface area contributed by atoms with Gasteiger partial charge in [0.2, 0.25) is 11.8 Å². The third-order valence-electron chi connectivity index (χ3n) is 3.14. The Hall–Kier alpha value is -2.89. The standard InChI is InChI=1S/C17H19N3O3/c1-13(2)20(12-16(21)18-15-10-11-23-19-15)17(22)9-8-14-6-4-3-5-7-14/h3-11,13H,12H2,1-2H3,(H,18,19,21). The molecule has 1 aromatic carbocycles. The summed E-state index contributed by atoms with van der Waals surface area (Å²) >= 11 is 0. The molecule has 23 heavy (non-hydrogen) atoms. The number of anilines is 1. The van der Waals surface area contributed by atoms with Crippen LogP contribution < -0.4 is 5.32 Å². The lowest BCUT2D eigenvalue weighted by Crippen LogP contribution is -2.41. The predicted octanol–water partition coefficient (Wildman–Crippen LogP) is 2.56. The van der Waals surface area contributed by atoms with E-state index in [4.69, 9.17) is 0 Å². The van der Waals surface area contributed by atoms with Gasteiger partial charge < -0.3 is 14.7 Å². The second-order valence-corrected chi connectivity index (χ2v) is 5.24. The minimum atomic E-state index is -0.325. The van der Waals surface area contributed by atoms with Crippen LogP contribution in [0, 0.1) is 0 Å². The molecule has 0 aliphatic heterocycles. The van der Waals surface area contributed by atoms with Gasteiger partial charge in [0.1, 0.15) is 12.8 Å². The van der Waals surface area contributed by atoms with Crippen molar-refractivity contribution < 1.29 is 14.1 Å². The van der Waals surface area contributed by atoms with Gasteiger partial charge in [-0.05, 0) is 25.5 Å². The van der Waals surface area contributed by atoms with E-state index in [0.717, 1.165) is 5.56 Å². The summed E-state index contributed by atoms with van der Waals surface area (Å²) in [6.45, 7) is 3.66. The number of carbonyl (C=O) groups is 2. The van der Waals surface area contributed by atoms with Crippen molar-refractivity contribution in [3.8, 4) is 0 Å². The quantitative estimate of drug-likeness (QED) is 0.832. The molecule has 1 N–H and O–H groups in total. The molecular weight excluding hydrogens is 294 g/mol. The minimum Gasteiger partial charge on any atom is -0.363 e. The van der Waals surface area contributed by atoms with Gasteiger partial charge in [0.15, 0.2) is 5.82 Å². The van der Waals surface area contributed by atoms with E-state index in [1.54, 1.807) is 6.08 Å². The summed E-state index contributed by atoms with van der Waals surface area (Å²) in [6, 6.07) is 10.9. The molecule has 2 amide bonds. The molecule has 0 bridgehead atoms. The molecule has 0 saturated heterocycles. The van der Waals surface area contributed by atoms with Crippen LogP contribution in [-0.2, 0) is 9.59 Å². The summed E-state index contributed by atoms with van der Waals surface area (Å²) in [6.07, 6.45) is 4.57. The van der Waals surface area contributed by atoms with Crippen LogP contribution >= 0.6 is 0 Å². The Morgan fingerprint density at radius 3 is 2.61 bits per heavy atom. The molecule has 0 fully saturated rings. The van der Waals surface area contributed by atoms with E-state index in [2.05, 4.69) is 15.0 Å². The number of nitrogens with one attached hydrogen (secondary N) is 1. The zero-order valence-corrected chi connectivity index (χ0v) is 13.1. The first-order valence-corrected chi connectivity index (χ1v) is 7.30. The largest absolute Gasteiger partial charge is 0.363 e. The first-order valence-electron chi connectivity index (χ1n) is 7.30.